The molecule has 0 fully saturated rings. The standard InChI is InChI=1S/C3H3F4O.Li/c4-2(5)3(6,7)1-8;/h2H,1H2;/q-1;+1. The quantitative estimate of drug-likeness (QED) is 0.299. The van der Waals surface area contributed by atoms with Crippen LogP contribution in [0.2, 0.25) is 0 Å². The summed E-state index contributed by atoms with van der Waals surface area (Å²) >= 11 is 0. The summed E-state index contributed by atoms with van der Waals surface area (Å²) in [5.41, 5.74) is 0. The molecule has 0 bridgehead atoms. The van der Waals surface area contributed by atoms with Crippen LogP contribution in [0.4, 0.5) is 17.6 Å². The van der Waals surface area contributed by atoms with Gasteiger partial charge in [-0.05, 0) is 0 Å². The second-order valence-corrected chi connectivity index (χ2v) is 1.21. The number of hydrogen-bond acceptors (Lipinski definition) is 1. The first-order valence-corrected chi connectivity index (χ1v) is 1.75. The molecule has 0 aliphatic rings. The fourth-order valence-electron chi connectivity index (χ4n) is 0.0630. The summed E-state index contributed by atoms with van der Waals surface area (Å²) in [5.74, 6) is -4.35. The maximum Gasteiger partial charge on any atom is 1.00 e. The van der Waals surface area contributed by atoms with E-state index < -0.39 is 19.0 Å². The van der Waals surface area contributed by atoms with Gasteiger partial charge in [0.1, 0.15) is 0 Å². The Labute approximate surface area is 61.2 Å². The molecule has 6 heteroatoms. The Balaban J connectivity index is 0. The van der Waals surface area contributed by atoms with Gasteiger partial charge in [-0.2, -0.15) is 0 Å². The summed E-state index contributed by atoms with van der Waals surface area (Å²) in [5, 5.41) is 9.16. The first-order chi connectivity index (χ1) is 3.50. The number of hydrogen-bond donors (Lipinski definition) is 0. The van der Waals surface area contributed by atoms with Gasteiger partial charge in [0.15, 0.2) is 0 Å². The van der Waals surface area contributed by atoms with Gasteiger partial charge in [-0.25, -0.2) is 17.6 Å². The largest absolute Gasteiger partial charge is 1.00 e. The van der Waals surface area contributed by atoms with Crippen LogP contribution < -0.4 is 24.0 Å². The van der Waals surface area contributed by atoms with E-state index in [-0.39, 0.29) is 18.9 Å². The SMILES string of the molecule is [Li+].[O-]CC(F)(F)C(F)F. The molecule has 0 aliphatic carbocycles. The Kier molecular flexibility index (Phi) is 5.53. The van der Waals surface area contributed by atoms with Gasteiger partial charge in [-0.15, -0.1) is 0 Å². The van der Waals surface area contributed by atoms with Gasteiger partial charge in [0.05, 0.1) is 0 Å². The van der Waals surface area contributed by atoms with Crippen molar-refractivity contribution >= 4 is 0 Å². The molecule has 0 spiro atoms. The van der Waals surface area contributed by atoms with Crippen LogP contribution in [-0.2, 0) is 0 Å². The maximum absolute atomic E-state index is 11.2. The molecule has 0 aromatic rings. The van der Waals surface area contributed by atoms with Crippen molar-refractivity contribution in [2.45, 2.75) is 12.3 Å². The van der Waals surface area contributed by atoms with Crippen molar-refractivity contribution in [2.75, 3.05) is 6.61 Å². The Morgan fingerprint density at radius 1 is 1.33 bits per heavy atom. The molecular weight excluding hydrogens is 135 g/mol. The third-order valence-electron chi connectivity index (χ3n) is 0.512. The molecule has 50 valence electrons. The molecule has 9 heavy (non-hydrogen) atoms. The van der Waals surface area contributed by atoms with E-state index in [1.807, 2.05) is 0 Å². The average Bonchev–Trinajstić information content (AvgIpc) is 1.67. The zero-order valence-electron chi connectivity index (χ0n) is 4.70. The molecule has 0 unspecified atom stereocenters. The minimum Gasteiger partial charge on any atom is -0.850 e. The van der Waals surface area contributed by atoms with E-state index >= 15 is 0 Å². The van der Waals surface area contributed by atoms with Crippen molar-refractivity contribution in [2.24, 2.45) is 0 Å². The van der Waals surface area contributed by atoms with Crippen LogP contribution in [0.3, 0.4) is 0 Å². The third-order valence-corrected chi connectivity index (χ3v) is 0.512. The van der Waals surface area contributed by atoms with Crippen molar-refractivity contribution < 1.29 is 41.5 Å². The number of rotatable bonds is 2. The summed E-state index contributed by atoms with van der Waals surface area (Å²) < 4.78 is 44.2. The Hall–Kier alpha value is 0.277. The summed E-state index contributed by atoms with van der Waals surface area (Å²) in [4.78, 5) is 0. The normalized spacial score (nSPS) is 11.3. The molecule has 1 nitrogen and oxygen atoms in total. The molecule has 0 N–H and O–H groups in total. The zero-order chi connectivity index (χ0) is 6.78. The second-order valence-electron chi connectivity index (χ2n) is 1.21. The van der Waals surface area contributed by atoms with E-state index in [2.05, 4.69) is 0 Å². The zero-order valence-corrected chi connectivity index (χ0v) is 4.70. The molecule has 0 saturated heterocycles. The molecule has 0 aromatic heterocycles. The predicted molar refractivity (Wildman–Crippen MR) is 15.8 cm³/mol. The monoisotopic (exact) mass is 138 g/mol. The van der Waals surface area contributed by atoms with Gasteiger partial charge in [0.25, 0.3) is 12.3 Å². The van der Waals surface area contributed by atoms with E-state index in [4.69, 9.17) is 5.11 Å². The van der Waals surface area contributed by atoms with E-state index in [0.717, 1.165) is 0 Å². The first kappa shape index (κ1) is 12.0. The summed E-state index contributed by atoms with van der Waals surface area (Å²) in [6.45, 7) is -2.05. The molecule has 0 amide bonds. The molecular formula is C3H3F4LiO. The summed E-state index contributed by atoms with van der Waals surface area (Å²) in [6, 6.07) is 0. The van der Waals surface area contributed by atoms with Crippen molar-refractivity contribution in [1.29, 1.82) is 0 Å². The van der Waals surface area contributed by atoms with Crippen molar-refractivity contribution in [1.82, 2.24) is 0 Å². The van der Waals surface area contributed by atoms with Gasteiger partial charge in [0, 0.05) is 0 Å². The van der Waals surface area contributed by atoms with Crippen molar-refractivity contribution in [3.8, 4) is 0 Å². The Morgan fingerprint density at radius 2 is 1.67 bits per heavy atom. The smallest absolute Gasteiger partial charge is 0.850 e. The van der Waals surface area contributed by atoms with E-state index in [0.29, 0.717) is 0 Å². The van der Waals surface area contributed by atoms with Crippen LogP contribution in [0.25, 0.3) is 0 Å². The Morgan fingerprint density at radius 3 is 1.67 bits per heavy atom. The fourth-order valence-corrected chi connectivity index (χ4v) is 0.0630. The maximum atomic E-state index is 11.2. The summed E-state index contributed by atoms with van der Waals surface area (Å²) in [7, 11) is 0. The molecule has 0 radical (unpaired) electrons. The van der Waals surface area contributed by atoms with E-state index in [9.17, 15) is 17.6 Å². The minimum absolute atomic E-state index is 0. The van der Waals surface area contributed by atoms with Gasteiger partial charge in [-0.3, -0.25) is 0 Å². The van der Waals surface area contributed by atoms with Gasteiger partial charge < -0.3 is 5.11 Å². The molecule has 0 saturated carbocycles. The number of alkyl halides is 4. The topological polar surface area (TPSA) is 23.1 Å². The molecule has 0 atom stereocenters. The molecule has 0 aromatic carbocycles. The van der Waals surface area contributed by atoms with Crippen LogP contribution >= 0.6 is 0 Å². The second kappa shape index (κ2) is 4.15. The predicted octanol–water partition coefficient (Wildman–Crippen LogP) is -2.75. The summed E-state index contributed by atoms with van der Waals surface area (Å²) in [6.07, 6.45) is -3.83. The molecule has 0 aliphatic heterocycles. The molecule has 0 rings (SSSR count). The van der Waals surface area contributed by atoms with Crippen LogP contribution in [0.1, 0.15) is 0 Å². The van der Waals surface area contributed by atoms with Crippen LogP contribution in [-0.4, -0.2) is 19.0 Å². The minimum atomic E-state index is -4.35. The number of halogens is 4. The van der Waals surface area contributed by atoms with E-state index in [1.54, 1.807) is 0 Å². The van der Waals surface area contributed by atoms with Gasteiger partial charge in [0.2, 0.25) is 0 Å². The third kappa shape index (κ3) is 3.79. The van der Waals surface area contributed by atoms with Crippen LogP contribution in [0.15, 0.2) is 0 Å². The van der Waals surface area contributed by atoms with Crippen molar-refractivity contribution in [3.63, 3.8) is 0 Å². The van der Waals surface area contributed by atoms with Gasteiger partial charge in [-0.1, -0.05) is 6.61 Å². The van der Waals surface area contributed by atoms with E-state index in [1.165, 1.54) is 0 Å². The first-order valence-electron chi connectivity index (χ1n) is 1.75. The molecule has 0 heterocycles. The average molecular weight is 138 g/mol. The Bertz CT molecular complexity index is 76.2. The van der Waals surface area contributed by atoms with Crippen molar-refractivity contribution in [3.05, 3.63) is 0 Å². The van der Waals surface area contributed by atoms with Gasteiger partial charge >= 0.3 is 18.9 Å². The fraction of sp³-hybridized carbons (Fsp3) is 1.00. The van der Waals surface area contributed by atoms with Crippen LogP contribution in [0.5, 0.6) is 0 Å². The van der Waals surface area contributed by atoms with Crippen LogP contribution in [0, 0.1) is 0 Å².